The number of benzene rings is 1. The summed E-state index contributed by atoms with van der Waals surface area (Å²) in [4.78, 5) is 14.3. The summed E-state index contributed by atoms with van der Waals surface area (Å²) in [7, 11) is 0. The summed E-state index contributed by atoms with van der Waals surface area (Å²) in [6.45, 7) is 4.72. The Labute approximate surface area is 114 Å². The molecular weight excluding hydrogens is 241 g/mol. The number of hydrogen-bond donors (Lipinski definition) is 0. The van der Waals surface area contributed by atoms with Crippen LogP contribution in [-0.2, 0) is 11.2 Å². The van der Waals surface area contributed by atoms with Crippen LogP contribution in [0.5, 0.6) is 0 Å². The molecule has 1 aliphatic rings. The van der Waals surface area contributed by atoms with E-state index in [4.69, 9.17) is 0 Å². The molecule has 104 valence electrons. The first-order valence-electron chi connectivity index (χ1n) is 7.16. The third-order valence-electron chi connectivity index (χ3n) is 3.47. The predicted molar refractivity (Wildman–Crippen MR) is 74.6 cm³/mol. The standard InChI is InChI=1S/C16H22FNO/c1-2-9-18(11-14-3-4-14)12-16(19)10-13-5-7-15(17)8-6-13/h5-8,14H,2-4,9-12H2,1H3. The largest absolute Gasteiger partial charge is 0.298 e. The van der Waals surface area contributed by atoms with Gasteiger partial charge in [0.1, 0.15) is 5.82 Å². The Morgan fingerprint density at radius 1 is 1.32 bits per heavy atom. The first-order chi connectivity index (χ1) is 9.17. The van der Waals surface area contributed by atoms with Gasteiger partial charge in [0.05, 0.1) is 6.54 Å². The van der Waals surface area contributed by atoms with Crippen LogP contribution in [0.3, 0.4) is 0 Å². The van der Waals surface area contributed by atoms with Gasteiger partial charge < -0.3 is 0 Å². The molecule has 3 heteroatoms. The Morgan fingerprint density at radius 3 is 2.58 bits per heavy atom. The normalized spacial score (nSPS) is 14.9. The Balaban J connectivity index is 1.82. The zero-order valence-corrected chi connectivity index (χ0v) is 11.6. The Hall–Kier alpha value is -1.22. The Morgan fingerprint density at radius 2 is 2.00 bits per heavy atom. The maximum atomic E-state index is 12.8. The van der Waals surface area contributed by atoms with E-state index in [0.29, 0.717) is 13.0 Å². The van der Waals surface area contributed by atoms with Crippen LogP contribution < -0.4 is 0 Å². The van der Waals surface area contributed by atoms with Crippen LogP contribution in [0.2, 0.25) is 0 Å². The molecule has 0 radical (unpaired) electrons. The Bertz CT molecular complexity index is 411. The number of hydrogen-bond acceptors (Lipinski definition) is 2. The van der Waals surface area contributed by atoms with E-state index in [1.165, 1.54) is 25.0 Å². The van der Waals surface area contributed by atoms with Gasteiger partial charge in [0.15, 0.2) is 5.78 Å². The van der Waals surface area contributed by atoms with Crippen LogP contribution in [0.1, 0.15) is 31.7 Å². The molecule has 0 heterocycles. The van der Waals surface area contributed by atoms with E-state index in [2.05, 4.69) is 11.8 Å². The molecule has 2 nitrogen and oxygen atoms in total. The van der Waals surface area contributed by atoms with Crippen molar-refractivity contribution in [2.24, 2.45) is 5.92 Å². The van der Waals surface area contributed by atoms with Crippen LogP contribution in [0.15, 0.2) is 24.3 Å². The van der Waals surface area contributed by atoms with Crippen molar-refractivity contribution in [3.05, 3.63) is 35.6 Å². The van der Waals surface area contributed by atoms with Crippen LogP contribution in [0.25, 0.3) is 0 Å². The molecule has 1 aliphatic carbocycles. The lowest BCUT2D eigenvalue weighted by atomic mass is 10.1. The van der Waals surface area contributed by atoms with E-state index < -0.39 is 0 Å². The molecule has 0 amide bonds. The second-order valence-electron chi connectivity index (χ2n) is 5.52. The number of ketones is 1. The van der Waals surface area contributed by atoms with Crippen LogP contribution in [0.4, 0.5) is 4.39 Å². The fourth-order valence-corrected chi connectivity index (χ4v) is 2.35. The minimum absolute atomic E-state index is 0.223. The average Bonchev–Trinajstić information content (AvgIpc) is 3.16. The van der Waals surface area contributed by atoms with Crippen LogP contribution >= 0.6 is 0 Å². The second-order valence-corrected chi connectivity index (χ2v) is 5.52. The van der Waals surface area contributed by atoms with Crippen molar-refractivity contribution in [3.8, 4) is 0 Å². The molecule has 0 saturated heterocycles. The smallest absolute Gasteiger partial charge is 0.151 e. The van der Waals surface area contributed by atoms with Crippen molar-refractivity contribution < 1.29 is 9.18 Å². The van der Waals surface area contributed by atoms with Gasteiger partial charge in [0, 0.05) is 13.0 Å². The van der Waals surface area contributed by atoms with Crippen molar-refractivity contribution in [2.75, 3.05) is 19.6 Å². The third kappa shape index (κ3) is 5.11. The first kappa shape index (κ1) is 14.2. The lowest BCUT2D eigenvalue weighted by Gasteiger charge is -2.20. The fraction of sp³-hybridized carbons (Fsp3) is 0.562. The fourth-order valence-electron chi connectivity index (χ4n) is 2.35. The van der Waals surface area contributed by atoms with Crippen molar-refractivity contribution in [3.63, 3.8) is 0 Å². The summed E-state index contributed by atoms with van der Waals surface area (Å²) < 4.78 is 12.8. The quantitative estimate of drug-likeness (QED) is 0.718. The number of halogens is 1. The molecule has 0 spiro atoms. The molecule has 0 aromatic heterocycles. The molecule has 1 aromatic carbocycles. The minimum Gasteiger partial charge on any atom is -0.298 e. The predicted octanol–water partition coefficient (Wildman–Crippen LogP) is 3.06. The zero-order valence-electron chi connectivity index (χ0n) is 11.6. The van der Waals surface area contributed by atoms with E-state index >= 15 is 0 Å². The van der Waals surface area contributed by atoms with E-state index in [1.54, 1.807) is 12.1 Å². The molecule has 0 atom stereocenters. The van der Waals surface area contributed by atoms with E-state index in [-0.39, 0.29) is 11.6 Å². The number of nitrogens with zero attached hydrogens (tertiary/aromatic N) is 1. The maximum absolute atomic E-state index is 12.8. The number of carbonyl (C=O) groups is 1. The van der Waals surface area contributed by atoms with Gasteiger partial charge in [-0.25, -0.2) is 4.39 Å². The van der Waals surface area contributed by atoms with Gasteiger partial charge in [-0.3, -0.25) is 9.69 Å². The molecule has 0 bridgehead atoms. The number of Topliss-reactive ketones (excluding diaryl/α,β-unsaturated/α-hetero) is 1. The highest BCUT2D eigenvalue weighted by atomic mass is 19.1. The SMILES string of the molecule is CCCN(CC(=O)Cc1ccc(F)cc1)CC1CC1. The van der Waals surface area contributed by atoms with Crippen LogP contribution in [0, 0.1) is 11.7 Å². The molecule has 2 rings (SSSR count). The van der Waals surface area contributed by atoms with Gasteiger partial charge in [-0.15, -0.1) is 0 Å². The van der Waals surface area contributed by atoms with Gasteiger partial charge in [-0.1, -0.05) is 19.1 Å². The summed E-state index contributed by atoms with van der Waals surface area (Å²) >= 11 is 0. The van der Waals surface area contributed by atoms with Gasteiger partial charge in [-0.05, 0) is 49.4 Å². The van der Waals surface area contributed by atoms with E-state index in [0.717, 1.165) is 31.0 Å². The molecule has 0 N–H and O–H groups in total. The average molecular weight is 263 g/mol. The van der Waals surface area contributed by atoms with E-state index in [9.17, 15) is 9.18 Å². The maximum Gasteiger partial charge on any atom is 0.151 e. The first-order valence-corrected chi connectivity index (χ1v) is 7.16. The van der Waals surface area contributed by atoms with Crippen molar-refractivity contribution >= 4 is 5.78 Å². The highest BCUT2D eigenvalue weighted by Gasteiger charge is 2.24. The molecule has 1 fully saturated rings. The lowest BCUT2D eigenvalue weighted by molar-refractivity contribution is -0.119. The third-order valence-corrected chi connectivity index (χ3v) is 3.47. The topological polar surface area (TPSA) is 20.3 Å². The van der Waals surface area contributed by atoms with Gasteiger partial charge in [0.25, 0.3) is 0 Å². The molecule has 0 aliphatic heterocycles. The lowest BCUT2D eigenvalue weighted by Crippen LogP contribution is -2.33. The summed E-state index contributed by atoms with van der Waals surface area (Å²) in [6.07, 6.45) is 4.11. The molecular formula is C16H22FNO. The van der Waals surface area contributed by atoms with Gasteiger partial charge in [0.2, 0.25) is 0 Å². The van der Waals surface area contributed by atoms with E-state index in [1.807, 2.05) is 0 Å². The second kappa shape index (κ2) is 6.80. The Kier molecular flexibility index (Phi) is 5.08. The minimum atomic E-state index is -0.252. The molecule has 19 heavy (non-hydrogen) atoms. The summed E-state index contributed by atoms with van der Waals surface area (Å²) in [5, 5.41) is 0. The van der Waals surface area contributed by atoms with Crippen molar-refractivity contribution in [2.45, 2.75) is 32.6 Å². The summed E-state index contributed by atoms with van der Waals surface area (Å²) in [6, 6.07) is 6.21. The number of rotatable bonds is 8. The molecule has 1 aromatic rings. The zero-order chi connectivity index (χ0) is 13.7. The van der Waals surface area contributed by atoms with Crippen LogP contribution in [-0.4, -0.2) is 30.3 Å². The van der Waals surface area contributed by atoms with Crippen molar-refractivity contribution in [1.82, 2.24) is 4.90 Å². The monoisotopic (exact) mass is 263 g/mol. The highest BCUT2D eigenvalue weighted by molar-refractivity contribution is 5.82. The van der Waals surface area contributed by atoms with Gasteiger partial charge in [-0.2, -0.15) is 0 Å². The molecule has 1 saturated carbocycles. The number of carbonyl (C=O) groups excluding carboxylic acids is 1. The highest BCUT2D eigenvalue weighted by Crippen LogP contribution is 2.29. The molecule has 0 unspecified atom stereocenters. The van der Waals surface area contributed by atoms with Crippen molar-refractivity contribution in [1.29, 1.82) is 0 Å². The summed E-state index contributed by atoms with van der Waals surface area (Å²) in [5.41, 5.74) is 0.897. The summed E-state index contributed by atoms with van der Waals surface area (Å²) in [5.74, 6) is 0.781. The van der Waals surface area contributed by atoms with Gasteiger partial charge >= 0.3 is 0 Å².